The SMILES string of the molecule is CC(NS(=O)(=O)c1ccc(F)c(C(=O)O)c1)c1cn[nH]c1. The molecule has 9 heteroatoms. The summed E-state index contributed by atoms with van der Waals surface area (Å²) >= 11 is 0. The Balaban J connectivity index is 2.32. The molecule has 0 radical (unpaired) electrons. The van der Waals surface area contributed by atoms with Crippen molar-refractivity contribution in [3.05, 3.63) is 47.5 Å². The van der Waals surface area contributed by atoms with Gasteiger partial charge in [-0.2, -0.15) is 5.10 Å². The van der Waals surface area contributed by atoms with Crippen molar-refractivity contribution in [2.24, 2.45) is 0 Å². The molecule has 0 aliphatic rings. The number of carboxylic acids is 1. The molecule has 1 unspecified atom stereocenters. The van der Waals surface area contributed by atoms with Gasteiger partial charge in [-0.15, -0.1) is 0 Å². The molecule has 1 atom stereocenters. The Morgan fingerprint density at radius 1 is 1.48 bits per heavy atom. The maximum atomic E-state index is 13.3. The molecule has 0 saturated carbocycles. The number of nitrogens with zero attached hydrogens (tertiary/aromatic N) is 1. The fourth-order valence-electron chi connectivity index (χ4n) is 1.70. The van der Waals surface area contributed by atoms with E-state index < -0.39 is 33.4 Å². The lowest BCUT2D eigenvalue weighted by Crippen LogP contribution is -2.27. The fraction of sp³-hybridized carbons (Fsp3) is 0.167. The van der Waals surface area contributed by atoms with Crippen molar-refractivity contribution in [1.82, 2.24) is 14.9 Å². The molecule has 112 valence electrons. The van der Waals surface area contributed by atoms with Crippen LogP contribution >= 0.6 is 0 Å². The van der Waals surface area contributed by atoms with E-state index in [9.17, 15) is 17.6 Å². The van der Waals surface area contributed by atoms with E-state index in [0.29, 0.717) is 5.56 Å². The van der Waals surface area contributed by atoms with Crippen LogP contribution in [0.4, 0.5) is 4.39 Å². The predicted octanol–water partition coefficient (Wildman–Crippen LogP) is 1.29. The number of aromatic carboxylic acids is 1. The van der Waals surface area contributed by atoms with Crippen LogP contribution < -0.4 is 4.72 Å². The zero-order valence-electron chi connectivity index (χ0n) is 10.9. The van der Waals surface area contributed by atoms with E-state index in [0.717, 1.165) is 18.2 Å². The van der Waals surface area contributed by atoms with Crippen LogP contribution in [0.15, 0.2) is 35.5 Å². The Kier molecular flexibility index (Phi) is 4.05. The highest BCUT2D eigenvalue weighted by Gasteiger charge is 2.21. The van der Waals surface area contributed by atoms with Crippen molar-refractivity contribution in [2.45, 2.75) is 17.9 Å². The van der Waals surface area contributed by atoms with Crippen LogP contribution in [0.5, 0.6) is 0 Å². The lowest BCUT2D eigenvalue weighted by molar-refractivity contribution is 0.0691. The van der Waals surface area contributed by atoms with E-state index in [2.05, 4.69) is 14.9 Å². The van der Waals surface area contributed by atoms with Crippen molar-refractivity contribution in [3.8, 4) is 0 Å². The maximum absolute atomic E-state index is 13.3. The van der Waals surface area contributed by atoms with Gasteiger partial charge in [-0.25, -0.2) is 22.3 Å². The van der Waals surface area contributed by atoms with Gasteiger partial charge in [-0.3, -0.25) is 5.10 Å². The van der Waals surface area contributed by atoms with Gasteiger partial charge in [0.05, 0.1) is 16.7 Å². The Bertz CT molecular complexity index is 759. The first-order valence-electron chi connectivity index (χ1n) is 5.85. The summed E-state index contributed by atoms with van der Waals surface area (Å²) < 4.78 is 40.0. The summed E-state index contributed by atoms with van der Waals surface area (Å²) in [6.45, 7) is 1.60. The summed E-state index contributed by atoms with van der Waals surface area (Å²) in [5.74, 6) is -2.53. The highest BCUT2D eigenvalue weighted by Crippen LogP contribution is 2.18. The second-order valence-corrected chi connectivity index (χ2v) is 6.04. The number of aromatic nitrogens is 2. The van der Waals surface area contributed by atoms with Gasteiger partial charge in [0.25, 0.3) is 0 Å². The molecule has 0 bridgehead atoms. The molecule has 0 spiro atoms. The first-order chi connectivity index (χ1) is 9.81. The van der Waals surface area contributed by atoms with E-state index in [-0.39, 0.29) is 4.90 Å². The molecular formula is C12H12FN3O4S. The molecule has 21 heavy (non-hydrogen) atoms. The topological polar surface area (TPSA) is 112 Å². The third-order valence-corrected chi connectivity index (χ3v) is 4.37. The number of rotatable bonds is 5. The van der Waals surface area contributed by atoms with Crippen LogP contribution in [-0.2, 0) is 10.0 Å². The van der Waals surface area contributed by atoms with E-state index in [1.54, 1.807) is 6.92 Å². The third-order valence-electron chi connectivity index (χ3n) is 2.83. The van der Waals surface area contributed by atoms with Gasteiger partial charge in [0, 0.05) is 17.8 Å². The van der Waals surface area contributed by atoms with E-state index in [4.69, 9.17) is 5.11 Å². The monoisotopic (exact) mass is 313 g/mol. The average Bonchev–Trinajstić information content (AvgIpc) is 2.92. The van der Waals surface area contributed by atoms with Crippen LogP contribution in [0.2, 0.25) is 0 Å². The molecule has 2 rings (SSSR count). The normalized spacial score (nSPS) is 13.0. The lowest BCUT2D eigenvalue weighted by atomic mass is 10.2. The number of benzene rings is 1. The van der Waals surface area contributed by atoms with Crippen molar-refractivity contribution in [3.63, 3.8) is 0 Å². The number of nitrogens with one attached hydrogen (secondary N) is 2. The molecule has 0 amide bonds. The van der Waals surface area contributed by atoms with Gasteiger partial charge in [0.15, 0.2) is 0 Å². The van der Waals surface area contributed by atoms with Crippen LogP contribution in [0, 0.1) is 5.82 Å². The number of carboxylic acid groups (broad SMARTS) is 1. The lowest BCUT2D eigenvalue weighted by Gasteiger charge is -2.13. The van der Waals surface area contributed by atoms with Crippen LogP contribution in [0.3, 0.4) is 0 Å². The van der Waals surface area contributed by atoms with Gasteiger partial charge >= 0.3 is 5.97 Å². The second-order valence-electron chi connectivity index (χ2n) is 4.32. The zero-order valence-corrected chi connectivity index (χ0v) is 11.7. The van der Waals surface area contributed by atoms with Gasteiger partial charge < -0.3 is 5.11 Å². The molecule has 1 aromatic heterocycles. The first-order valence-corrected chi connectivity index (χ1v) is 7.33. The molecule has 3 N–H and O–H groups in total. The first kappa shape index (κ1) is 15.1. The second kappa shape index (κ2) is 5.62. The average molecular weight is 313 g/mol. The minimum atomic E-state index is -3.98. The number of aromatic amines is 1. The van der Waals surface area contributed by atoms with Crippen LogP contribution in [0.1, 0.15) is 28.9 Å². The molecule has 0 saturated heterocycles. The standard InChI is InChI=1S/C12H12FN3O4S/c1-7(8-5-14-15-6-8)16-21(19,20)9-2-3-11(13)10(4-9)12(17)18/h2-7,16H,1H3,(H,14,15)(H,17,18). The Morgan fingerprint density at radius 3 is 2.76 bits per heavy atom. The minimum absolute atomic E-state index is 0.323. The number of H-pyrrole nitrogens is 1. The molecule has 2 aromatic rings. The van der Waals surface area contributed by atoms with Crippen LogP contribution in [0.25, 0.3) is 0 Å². The molecule has 0 aliphatic heterocycles. The number of hydrogen-bond acceptors (Lipinski definition) is 4. The smallest absolute Gasteiger partial charge is 0.338 e. The summed E-state index contributed by atoms with van der Waals surface area (Å²) in [5, 5.41) is 15.1. The Hall–Kier alpha value is -2.26. The number of halogens is 1. The van der Waals surface area contributed by atoms with Crippen molar-refractivity contribution >= 4 is 16.0 Å². The predicted molar refractivity (Wildman–Crippen MR) is 70.7 cm³/mol. The van der Waals surface area contributed by atoms with Gasteiger partial charge in [-0.1, -0.05) is 0 Å². The van der Waals surface area contributed by atoms with E-state index in [1.807, 2.05) is 0 Å². The van der Waals surface area contributed by atoms with Crippen molar-refractivity contribution < 1.29 is 22.7 Å². The molecule has 1 heterocycles. The molecular weight excluding hydrogens is 301 g/mol. The van der Waals surface area contributed by atoms with Crippen molar-refractivity contribution in [2.75, 3.05) is 0 Å². The maximum Gasteiger partial charge on any atom is 0.338 e. The molecule has 7 nitrogen and oxygen atoms in total. The molecule has 0 aliphatic carbocycles. The van der Waals surface area contributed by atoms with E-state index >= 15 is 0 Å². The molecule has 1 aromatic carbocycles. The summed E-state index contributed by atoms with van der Waals surface area (Å²) in [6, 6.07) is 2.02. The summed E-state index contributed by atoms with van der Waals surface area (Å²) in [4.78, 5) is 10.5. The summed E-state index contributed by atoms with van der Waals surface area (Å²) in [7, 11) is -3.98. The Morgan fingerprint density at radius 2 is 2.19 bits per heavy atom. The van der Waals surface area contributed by atoms with Gasteiger partial charge in [-0.05, 0) is 25.1 Å². The number of sulfonamides is 1. The largest absolute Gasteiger partial charge is 0.478 e. The highest BCUT2D eigenvalue weighted by molar-refractivity contribution is 7.89. The third kappa shape index (κ3) is 3.26. The van der Waals surface area contributed by atoms with Gasteiger partial charge in [0.1, 0.15) is 5.82 Å². The minimum Gasteiger partial charge on any atom is -0.478 e. The quantitative estimate of drug-likeness (QED) is 0.770. The fourth-order valence-corrected chi connectivity index (χ4v) is 2.96. The highest BCUT2D eigenvalue weighted by atomic mass is 32.2. The number of carbonyl (C=O) groups is 1. The van der Waals surface area contributed by atoms with Gasteiger partial charge in [0.2, 0.25) is 10.0 Å². The summed E-state index contributed by atoms with van der Waals surface area (Å²) in [5.41, 5.74) is -0.0898. The van der Waals surface area contributed by atoms with Crippen LogP contribution in [-0.4, -0.2) is 29.7 Å². The van der Waals surface area contributed by atoms with E-state index in [1.165, 1.54) is 12.4 Å². The Labute approximate surface area is 119 Å². The number of hydrogen-bond donors (Lipinski definition) is 3. The zero-order chi connectivity index (χ0) is 15.6. The van der Waals surface area contributed by atoms with Crippen molar-refractivity contribution in [1.29, 1.82) is 0 Å². The summed E-state index contributed by atoms with van der Waals surface area (Å²) in [6.07, 6.45) is 2.99. The molecule has 0 fully saturated rings.